The van der Waals surface area contributed by atoms with Crippen molar-refractivity contribution in [3.05, 3.63) is 30.3 Å². The molecule has 4 nitrogen and oxygen atoms in total. The molecule has 1 aliphatic heterocycles. The Kier molecular flexibility index (Phi) is 3.38. The molecule has 0 saturated carbocycles. The molecule has 100 valence electrons. The van der Waals surface area contributed by atoms with Crippen molar-refractivity contribution in [1.29, 1.82) is 0 Å². The van der Waals surface area contributed by atoms with Gasteiger partial charge in [-0.2, -0.15) is 16.9 Å². The first-order valence-electron chi connectivity index (χ1n) is 6.37. The van der Waals surface area contributed by atoms with E-state index in [2.05, 4.69) is 5.10 Å². The van der Waals surface area contributed by atoms with Crippen LogP contribution in [0.1, 0.15) is 6.42 Å². The number of benzene rings is 1. The lowest BCUT2D eigenvalue weighted by atomic mass is 10.1. The second kappa shape index (κ2) is 5.17. The molecule has 1 aromatic carbocycles. The molecule has 1 atom stereocenters. The summed E-state index contributed by atoms with van der Waals surface area (Å²) in [5, 5.41) is 4.39. The average Bonchev–Trinajstić information content (AvgIpc) is 3.01. The Morgan fingerprint density at radius 1 is 1.42 bits per heavy atom. The quantitative estimate of drug-likeness (QED) is 0.935. The summed E-state index contributed by atoms with van der Waals surface area (Å²) in [7, 11) is 1.84. The minimum atomic E-state index is 0.342. The predicted molar refractivity (Wildman–Crippen MR) is 79.4 cm³/mol. The van der Waals surface area contributed by atoms with Gasteiger partial charge in [-0.1, -0.05) is 12.1 Å². The van der Waals surface area contributed by atoms with Gasteiger partial charge in [-0.05, 0) is 24.3 Å². The molecule has 3 rings (SSSR count). The fourth-order valence-corrected chi connectivity index (χ4v) is 3.24. The first kappa shape index (κ1) is 12.4. The number of nitrogens with two attached hydrogens (primary N) is 1. The monoisotopic (exact) mass is 275 g/mol. The summed E-state index contributed by atoms with van der Waals surface area (Å²) in [6, 6.07) is 9.93. The number of aromatic nitrogens is 2. The van der Waals surface area contributed by atoms with E-state index in [0.29, 0.717) is 11.9 Å². The van der Waals surface area contributed by atoms with Gasteiger partial charge in [0.15, 0.2) is 0 Å². The van der Waals surface area contributed by atoms with Crippen LogP contribution in [0.2, 0.25) is 0 Å². The van der Waals surface area contributed by atoms with Gasteiger partial charge in [0.2, 0.25) is 0 Å². The predicted octanol–water partition coefficient (Wildman–Crippen LogP) is 2.55. The number of hydrogen-bond donors (Lipinski definition) is 1. The molecule has 1 unspecified atom stereocenters. The van der Waals surface area contributed by atoms with E-state index < -0.39 is 0 Å². The van der Waals surface area contributed by atoms with Gasteiger partial charge in [0.05, 0.1) is 5.69 Å². The van der Waals surface area contributed by atoms with E-state index in [1.165, 1.54) is 5.75 Å². The summed E-state index contributed by atoms with van der Waals surface area (Å²) < 4.78 is 7.66. The van der Waals surface area contributed by atoms with Gasteiger partial charge in [-0.25, -0.2) is 0 Å². The molecule has 2 N–H and O–H groups in total. The van der Waals surface area contributed by atoms with Crippen molar-refractivity contribution in [3.63, 3.8) is 0 Å². The molecule has 1 fully saturated rings. The van der Waals surface area contributed by atoms with Gasteiger partial charge in [-0.3, -0.25) is 4.68 Å². The second-order valence-corrected chi connectivity index (χ2v) is 5.86. The smallest absolute Gasteiger partial charge is 0.121 e. The van der Waals surface area contributed by atoms with Crippen LogP contribution in [-0.2, 0) is 7.05 Å². The number of anilines is 1. The van der Waals surface area contributed by atoms with Crippen LogP contribution in [0.25, 0.3) is 11.3 Å². The van der Waals surface area contributed by atoms with Crippen molar-refractivity contribution in [3.8, 4) is 17.0 Å². The molecule has 0 bridgehead atoms. The Morgan fingerprint density at radius 2 is 2.32 bits per heavy atom. The molecule has 0 amide bonds. The van der Waals surface area contributed by atoms with Gasteiger partial charge in [0, 0.05) is 24.4 Å². The van der Waals surface area contributed by atoms with Crippen LogP contribution in [0.15, 0.2) is 30.3 Å². The van der Waals surface area contributed by atoms with Crippen molar-refractivity contribution in [2.75, 3.05) is 17.2 Å². The van der Waals surface area contributed by atoms with Crippen LogP contribution >= 0.6 is 11.8 Å². The lowest BCUT2D eigenvalue weighted by Gasteiger charge is -2.12. The molecule has 0 aliphatic carbocycles. The average molecular weight is 275 g/mol. The lowest BCUT2D eigenvalue weighted by Crippen LogP contribution is -2.14. The highest BCUT2D eigenvalue weighted by molar-refractivity contribution is 7.99. The van der Waals surface area contributed by atoms with Crippen LogP contribution in [0.4, 0.5) is 5.82 Å². The van der Waals surface area contributed by atoms with E-state index in [9.17, 15) is 0 Å². The molecule has 0 spiro atoms. The van der Waals surface area contributed by atoms with Crippen LogP contribution < -0.4 is 10.5 Å². The van der Waals surface area contributed by atoms with E-state index in [1.54, 1.807) is 4.68 Å². The summed E-state index contributed by atoms with van der Waals surface area (Å²) >= 11 is 1.95. The zero-order valence-corrected chi connectivity index (χ0v) is 11.7. The molecule has 1 saturated heterocycles. The van der Waals surface area contributed by atoms with Crippen molar-refractivity contribution < 1.29 is 4.74 Å². The first-order chi connectivity index (χ1) is 9.22. The summed E-state index contributed by atoms with van der Waals surface area (Å²) in [5.74, 6) is 3.85. The number of nitrogens with zero attached hydrogens (tertiary/aromatic N) is 2. The SMILES string of the molecule is Cn1nc(-c2cccc(OC3CCSC3)c2)cc1N. The fraction of sp³-hybridized carbons (Fsp3) is 0.357. The Bertz CT molecular complexity index is 556. The van der Waals surface area contributed by atoms with Crippen LogP contribution in [0, 0.1) is 0 Å². The number of thioether (sulfide) groups is 1. The van der Waals surface area contributed by atoms with E-state index in [4.69, 9.17) is 10.5 Å². The Labute approximate surface area is 116 Å². The first-order valence-corrected chi connectivity index (χ1v) is 7.52. The minimum absolute atomic E-state index is 0.342. The fourth-order valence-electron chi connectivity index (χ4n) is 2.15. The molecular formula is C14H17N3OS. The number of nitrogen functional groups attached to an aromatic ring is 1. The molecular weight excluding hydrogens is 258 g/mol. The topological polar surface area (TPSA) is 53.1 Å². The number of aryl methyl sites for hydroxylation is 1. The van der Waals surface area contributed by atoms with Gasteiger partial charge in [0.1, 0.15) is 17.7 Å². The molecule has 19 heavy (non-hydrogen) atoms. The van der Waals surface area contributed by atoms with Crippen LogP contribution in [-0.4, -0.2) is 27.4 Å². The molecule has 1 aromatic heterocycles. The summed E-state index contributed by atoms with van der Waals surface area (Å²) in [6.07, 6.45) is 1.47. The standard InChI is InChI=1S/C14H17N3OS/c1-17-14(15)8-13(16-17)10-3-2-4-11(7-10)18-12-5-6-19-9-12/h2-4,7-8,12H,5-6,9,15H2,1H3. The van der Waals surface area contributed by atoms with Crippen LogP contribution in [0.5, 0.6) is 5.75 Å². The maximum absolute atomic E-state index is 5.99. The highest BCUT2D eigenvalue weighted by atomic mass is 32.2. The van der Waals surface area contributed by atoms with Crippen LogP contribution in [0.3, 0.4) is 0 Å². The minimum Gasteiger partial charge on any atom is -0.490 e. The zero-order chi connectivity index (χ0) is 13.2. The van der Waals surface area contributed by atoms with Gasteiger partial charge < -0.3 is 10.5 Å². The molecule has 1 aliphatic rings. The Morgan fingerprint density at radius 3 is 3.00 bits per heavy atom. The summed E-state index contributed by atoms with van der Waals surface area (Å²) in [5.41, 5.74) is 7.73. The van der Waals surface area contributed by atoms with Crippen molar-refractivity contribution >= 4 is 17.6 Å². The molecule has 5 heteroatoms. The summed E-state index contributed by atoms with van der Waals surface area (Å²) in [6.45, 7) is 0. The van der Waals surface area contributed by atoms with E-state index in [-0.39, 0.29) is 0 Å². The maximum Gasteiger partial charge on any atom is 0.121 e. The number of ether oxygens (including phenoxy) is 1. The van der Waals surface area contributed by atoms with E-state index in [1.807, 2.05) is 49.1 Å². The van der Waals surface area contributed by atoms with Gasteiger partial charge in [-0.15, -0.1) is 0 Å². The van der Waals surface area contributed by atoms with Crippen molar-refractivity contribution in [1.82, 2.24) is 9.78 Å². The van der Waals surface area contributed by atoms with Gasteiger partial charge in [0.25, 0.3) is 0 Å². The molecule has 2 aromatic rings. The third-order valence-corrected chi connectivity index (χ3v) is 4.37. The number of hydrogen-bond acceptors (Lipinski definition) is 4. The second-order valence-electron chi connectivity index (χ2n) is 4.71. The number of rotatable bonds is 3. The molecule has 0 radical (unpaired) electrons. The Balaban J connectivity index is 1.82. The Hall–Kier alpha value is -1.62. The van der Waals surface area contributed by atoms with Gasteiger partial charge >= 0.3 is 0 Å². The third kappa shape index (κ3) is 2.71. The van der Waals surface area contributed by atoms with Crippen molar-refractivity contribution in [2.45, 2.75) is 12.5 Å². The van der Waals surface area contributed by atoms with E-state index in [0.717, 1.165) is 29.2 Å². The highest BCUT2D eigenvalue weighted by Gasteiger charge is 2.17. The maximum atomic E-state index is 5.99. The third-order valence-electron chi connectivity index (χ3n) is 3.24. The highest BCUT2D eigenvalue weighted by Crippen LogP contribution is 2.27. The normalized spacial score (nSPS) is 18.7. The lowest BCUT2D eigenvalue weighted by molar-refractivity contribution is 0.229. The largest absolute Gasteiger partial charge is 0.490 e. The molecule has 2 heterocycles. The zero-order valence-electron chi connectivity index (χ0n) is 10.9. The summed E-state index contributed by atoms with van der Waals surface area (Å²) in [4.78, 5) is 0. The van der Waals surface area contributed by atoms with Crippen molar-refractivity contribution in [2.24, 2.45) is 7.05 Å². The van der Waals surface area contributed by atoms with E-state index >= 15 is 0 Å².